The first-order valence-electron chi connectivity index (χ1n) is 6.25. The molecule has 1 rings (SSSR count). The Morgan fingerprint density at radius 3 is 2.83 bits per heavy atom. The maximum atomic E-state index is 12.6. The van der Waals surface area contributed by atoms with Crippen molar-refractivity contribution < 1.29 is 9.18 Å². The smallest absolute Gasteiger partial charge is 0.246 e. The zero-order valence-corrected chi connectivity index (χ0v) is 11.0. The number of carbonyl (C=O) groups excluding carboxylic acids is 1. The van der Waals surface area contributed by atoms with Gasteiger partial charge in [-0.1, -0.05) is 6.08 Å². The summed E-state index contributed by atoms with van der Waals surface area (Å²) in [5.74, 6) is -0.0778. The Bertz CT molecular complexity index is 345. The largest absolute Gasteiger partial charge is 0.329 e. The molecule has 0 saturated carbocycles. The molecular weight excluding hydrogens is 233 g/mol. The van der Waals surface area contributed by atoms with Gasteiger partial charge in [0.15, 0.2) is 0 Å². The molecule has 0 aliphatic carbocycles. The number of likely N-dealkylation sites (N-methyl/N-ethyl adjacent to an activating group) is 1. The van der Waals surface area contributed by atoms with Crippen molar-refractivity contribution in [3.05, 3.63) is 23.6 Å². The molecule has 1 fully saturated rings. The fourth-order valence-electron chi connectivity index (χ4n) is 1.97. The normalized spacial score (nSPS) is 18.3. The second-order valence-corrected chi connectivity index (χ2v) is 4.53. The minimum atomic E-state index is -0.708. The lowest BCUT2D eigenvalue weighted by Crippen LogP contribution is -2.48. The molecule has 100 valence electrons. The molecule has 0 bridgehead atoms. The highest BCUT2D eigenvalue weighted by Crippen LogP contribution is 2.10. The van der Waals surface area contributed by atoms with Crippen LogP contribution in [0, 0.1) is 6.57 Å². The van der Waals surface area contributed by atoms with Crippen LogP contribution in [-0.4, -0.2) is 60.6 Å². The number of carbonyl (C=O) groups is 1. The maximum absolute atomic E-state index is 12.6. The summed E-state index contributed by atoms with van der Waals surface area (Å²) < 4.78 is 12.6. The first-order valence-corrected chi connectivity index (χ1v) is 6.25. The lowest BCUT2D eigenvalue weighted by molar-refractivity contribution is -0.127. The van der Waals surface area contributed by atoms with Gasteiger partial charge >= 0.3 is 0 Å². The van der Waals surface area contributed by atoms with Gasteiger partial charge in [0.05, 0.1) is 0 Å². The van der Waals surface area contributed by atoms with Crippen LogP contribution >= 0.6 is 0 Å². The highest BCUT2D eigenvalue weighted by Gasteiger charge is 2.24. The van der Waals surface area contributed by atoms with E-state index in [-0.39, 0.29) is 11.9 Å². The maximum Gasteiger partial charge on any atom is 0.246 e. The van der Waals surface area contributed by atoms with Crippen LogP contribution in [0.15, 0.2) is 12.2 Å². The van der Waals surface area contributed by atoms with Gasteiger partial charge in [0.2, 0.25) is 12.5 Å². The zero-order valence-electron chi connectivity index (χ0n) is 11.0. The molecule has 0 radical (unpaired) electrons. The Labute approximate surface area is 108 Å². The fourth-order valence-corrected chi connectivity index (χ4v) is 1.97. The SMILES string of the molecule is [C-]#[N+]C[C@@H](C)N(CC)C(=O)/C=C/CN1CC(F)C1. The van der Waals surface area contributed by atoms with Crippen LogP contribution in [0.25, 0.3) is 4.85 Å². The Balaban J connectivity index is 2.37. The number of amides is 1. The molecule has 18 heavy (non-hydrogen) atoms. The van der Waals surface area contributed by atoms with E-state index in [2.05, 4.69) is 4.85 Å². The third kappa shape index (κ3) is 4.11. The van der Waals surface area contributed by atoms with Crippen LogP contribution < -0.4 is 0 Å². The quantitative estimate of drug-likeness (QED) is 0.528. The van der Waals surface area contributed by atoms with Gasteiger partial charge < -0.3 is 9.74 Å². The number of rotatable bonds is 6. The van der Waals surface area contributed by atoms with Crippen molar-refractivity contribution in [2.75, 3.05) is 32.7 Å². The summed E-state index contributed by atoms with van der Waals surface area (Å²) in [4.78, 5) is 18.8. The topological polar surface area (TPSA) is 27.9 Å². The molecule has 4 nitrogen and oxygen atoms in total. The molecule has 1 heterocycles. The van der Waals surface area contributed by atoms with Crippen molar-refractivity contribution in [1.29, 1.82) is 0 Å². The number of likely N-dealkylation sites (tertiary alicyclic amines) is 1. The molecule has 1 amide bonds. The standard InChI is InChI=1S/C13H20FN3O/c1-4-17(11(2)8-15-3)13(18)6-5-7-16-9-12(14)10-16/h5-6,11-12H,4,7-10H2,1-2H3/b6-5+/t11-/m1/s1. The van der Waals surface area contributed by atoms with Gasteiger partial charge in [-0.25, -0.2) is 11.0 Å². The van der Waals surface area contributed by atoms with E-state index in [1.54, 1.807) is 11.0 Å². The number of halogens is 1. The minimum Gasteiger partial charge on any atom is -0.329 e. The lowest BCUT2D eigenvalue weighted by Gasteiger charge is -2.33. The number of hydrogen-bond donors (Lipinski definition) is 0. The molecule has 0 aromatic heterocycles. The van der Waals surface area contributed by atoms with E-state index in [1.807, 2.05) is 18.7 Å². The van der Waals surface area contributed by atoms with Crippen molar-refractivity contribution in [2.45, 2.75) is 26.1 Å². The molecule has 0 N–H and O–H groups in total. The summed E-state index contributed by atoms with van der Waals surface area (Å²) in [6.45, 7) is 13.0. The third-order valence-corrected chi connectivity index (χ3v) is 3.05. The molecule has 0 aromatic carbocycles. The summed E-state index contributed by atoms with van der Waals surface area (Å²) >= 11 is 0. The number of hydrogen-bond acceptors (Lipinski definition) is 2. The van der Waals surface area contributed by atoms with E-state index < -0.39 is 6.17 Å². The third-order valence-electron chi connectivity index (χ3n) is 3.05. The van der Waals surface area contributed by atoms with E-state index in [4.69, 9.17) is 6.57 Å². The van der Waals surface area contributed by atoms with Gasteiger partial charge in [-0.05, 0) is 13.8 Å². The highest BCUT2D eigenvalue weighted by molar-refractivity contribution is 5.87. The Morgan fingerprint density at radius 2 is 2.33 bits per heavy atom. The monoisotopic (exact) mass is 253 g/mol. The molecule has 1 aliphatic rings. The van der Waals surface area contributed by atoms with Gasteiger partial charge in [-0.3, -0.25) is 9.69 Å². The number of nitrogens with zero attached hydrogens (tertiary/aromatic N) is 3. The van der Waals surface area contributed by atoms with Crippen molar-refractivity contribution in [3.63, 3.8) is 0 Å². The van der Waals surface area contributed by atoms with Gasteiger partial charge in [0.1, 0.15) is 12.2 Å². The van der Waals surface area contributed by atoms with Gasteiger partial charge in [0.25, 0.3) is 0 Å². The van der Waals surface area contributed by atoms with Crippen LogP contribution in [0.3, 0.4) is 0 Å². The number of alkyl halides is 1. The van der Waals surface area contributed by atoms with Crippen molar-refractivity contribution in [3.8, 4) is 0 Å². The lowest BCUT2D eigenvalue weighted by atomic mass is 10.2. The van der Waals surface area contributed by atoms with E-state index in [0.717, 1.165) is 0 Å². The molecule has 0 unspecified atom stereocenters. The molecule has 1 atom stereocenters. The van der Waals surface area contributed by atoms with Crippen LogP contribution in [-0.2, 0) is 4.79 Å². The first kappa shape index (κ1) is 14.7. The molecule has 0 spiro atoms. The summed E-state index contributed by atoms with van der Waals surface area (Å²) in [7, 11) is 0. The predicted octanol–water partition coefficient (Wildman–Crippen LogP) is 1.35. The van der Waals surface area contributed by atoms with Crippen LogP contribution in [0.2, 0.25) is 0 Å². The Morgan fingerprint density at radius 1 is 1.67 bits per heavy atom. The summed E-state index contributed by atoms with van der Waals surface area (Å²) in [6.07, 6.45) is 2.58. The second kappa shape index (κ2) is 7.12. The predicted molar refractivity (Wildman–Crippen MR) is 68.8 cm³/mol. The minimum absolute atomic E-state index is 0.0659. The zero-order chi connectivity index (χ0) is 13.5. The van der Waals surface area contributed by atoms with Gasteiger partial charge in [-0.15, -0.1) is 0 Å². The van der Waals surface area contributed by atoms with Crippen LogP contribution in [0.1, 0.15) is 13.8 Å². The van der Waals surface area contributed by atoms with Gasteiger partial charge in [-0.2, -0.15) is 0 Å². The summed E-state index contributed by atoms with van der Waals surface area (Å²) in [6, 6.07) is -0.0659. The van der Waals surface area contributed by atoms with Crippen LogP contribution in [0.5, 0.6) is 0 Å². The Hall–Kier alpha value is -1.41. The molecule has 1 saturated heterocycles. The van der Waals surface area contributed by atoms with Crippen LogP contribution in [0.4, 0.5) is 4.39 Å². The van der Waals surface area contributed by atoms with E-state index >= 15 is 0 Å². The van der Waals surface area contributed by atoms with Crippen molar-refractivity contribution >= 4 is 5.91 Å². The van der Waals surface area contributed by atoms with Gasteiger partial charge in [0, 0.05) is 32.3 Å². The molecular formula is C13H20FN3O. The second-order valence-electron chi connectivity index (χ2n) is 4.53. The van der Waals surface area contributed by atoms with Crippen molar-refractivity contribution in [2.24, 2.45) is 0 Å². The molecule has 1 aliphatic heterocycles. The van der Waals surface area contributed by atoms with E-state index in [9.17, 15) is 9.18 Å². The molecule has 5 heteroatoms. The average molecular weight is 253 g/mol. The summed E-state index contributed by atoms with van der Waals surface area (Å²) in [5, 5.41) is 0. The fraction of sp³-hybridized carbons (Fsp3) is 0.692. The Kier molecular flexibility index (Phi) is 5.79. The molecule has 0 aromatic rings. The van der Waals surface area contributed by atoms with E-state index in [1.165, 1.54) is 6.08 Å². The first-order chi connectivity index (χ1) is 8.58. The van der Waals surface area contributed by atoms with E-state index in [0.29, 0.717) is 32.7 Å². The highest BCUT2D eigenvalue weighted by atomic mass is 19.1. The van der Waals surface area contributed by atoms with Crippen molar-refractivity contribution in [1.82, 2.24) is 9.80 Å². The average Bonchev–Trinajstić information content (AvgIpc) is 2.28. The summed E-state index contributed by atoms with van der Waals surface area (Å²) in [5.41, 5.74) is 0.